The molecule has 122 valence electrons. The Morgan fingerprint density at radius 1 is 0.750 bits per heavy atom. The Labute approximate surface area is 154 Å². The zero-order chi connectivity index (χ0) is 17.3. The van der Waals surface area contributed by atoms with Gasteiger partial charge in [0, 0.05) is 34.3 Å². The third-order valence-electron chi connectivity index (χ3n) is 3.68. The van der Waals surface area contributed by atoms with Crippen LogP contribution in [0, 0.1) is 0 Å². The standard InChI is InChI=1S/C17H12Cl2N2O2S/c18-13-5-1-11(2-6-13)15(22)20-9-10-21(17(20)24)16(23)12-3-7-14(19)8-4-12/h1-8H,9-10H2. The van der Waals surface area contributed by atoms with Crippen molar-refractivity contribution in [2.45, 2.75) is 0 Å². The molecule has 0 aromatic heterocycles. The van der Waals surface area contributed by atoms with E-state index in [9.17, 15) is 9.59 Å². The van der Waals surface area contributed by atoms with Gasteiger partial charge in [0.15, 0.2) is 5.11 Å². The van der Waals surface area contributed by atoms with Crippen LogP contribution in [0.1, 0.15) is 20.7 Å². The van der Waals surface area contributed by atoms with Gasteiger partial charge in [0.1, 0.15) is 0 Å². The van der Waals surface area contributed by atoms with Crippen molar-refractivity contribution < 1.29 is 9.59 Å². The van der Waals surface area contributed by atoms with Crippen molar-refractivity contribution in [2.75, 3.05) is 13.1 Å². The zero-order valence-electron chi connectivity index (χ0n) is 12.4. The molecule has 1 saturated heterocycles. The minimum Gasteiger partial charge on any atom is -0.283 e. The number of benzene rings is 2. The largest absolute Gasteiger partial charge is 0.283 e. The molecule has 1 heterocycles. The van der Waals surface area contributed by atoms with Crippen LogP contribution in [0.3, 0.4) is 0 Å². The number of rotatable bonds is 2. The van der Waals surface area contributed by atoms with Crippen molar-refractivity contribution in [3.8, 4) is 0 Å². The SMILES string of the molecule is O=C(c1ccc(Cl)cc1)N1CCN(C(=O)c2ccc(Cl)cc2)C1=S. The monoisotopic (exact) mass is 378 g/mol. The number of halogens is 2. The fourth-order valence-corrected chi connectivity index (χ4v) is 3.01. The predicted octanol–water partition coefficient (Wildman–Crippen LogP) is 3.88. The lowest BCUT2D eigenvalue weighted by Gasteiger charge is -2.19. The van der Waals surface area contributed by atoms with E-state index in [1.165, 1.54) is 9.80 Å². The number of hydrogen-bond acceptors (Lipinski definition) is 3. The molecule has 7 heteroatoms. The van der Waals surface area contributed by atoms with Crippen molar-refractivity contribution in [1.29, 1.82) is 0 Å². The van der Waals surface area contributed by atoms with Crippen molar-refractivity contribution in [3.63, 3.8) is 0 Å². The molecule has 4 nitrogen and oxygen atoms in total. The normalized spacial score (nSPS) is 14.2. The maximum atomic E-state index is 12.6. The van der Waals surface area contributed by atoms with E-state index in [1.54, 1.807) is 48.5 Å². The Balaban J connectivity index is 1.77. The average Bonchev–Trinajstić information content (AvgIpc) is 2.96. The second-order valence-corrected chi connectivity index (χ2v) is 6.45. The maximum absolute atomic E-state index is 12.6. The topological polar surface area (TPSA) is 40.6 Å². The molecule has 2 aromatic rings. The van der Waals surface area contributed by atoms with E-state index in [0.29, 0.717) is 34.3 Å². The van der Waals surface area contributed by atoms with Gasteiger partial charge in [-0.25, -0.2) is 0 Å². The van der Waals surface area contributed by atoms with E-state index in [2.05, 4.69) is 0 Å². The number of thiocarbonyl (C=S) groups is 1. The Hall–Kier alpha value is -1.95. The van der Waals surface area contributed by atoms with Gasteiger partial charge >= 0.3 is 0 Å². The van der Waals surface area contributed by atoms with Gasteiger partial charge in [0.05, 0.1) is 0 Å². The number of nitrogens with zero attached hydrogens (tertiary/aromatic N) is 2. The molecule has 1 aliphatic heterocycles. The zero-order valence-corrected chi connectivity index (χ0v) is 14.7. The molecule has 2 aromatic carbocycles. The lowest BCUT2D eigenvalue weighted by atomic mass is 10.2. The third-order valence-corrected chi connectivity index (χ3v) is 4.63. The molecular formula is C17H12Cl2N2O2S. The molecule has 3 rings (SSSR count). The van der Waals surface area contributed by atoms with Crippen molar-refractivity contribution in [1.82, 2.24) is 9.80 Å². The molecule has 0 bridgehead atoms. The first-order valence-electron chi connectivity index (χ1n) is 7.16. The molecule has 0 saturated carbocycles. The van der Waals surface area contributed by atoms with Crippen LogP contribution in [0.5, 0.6) is 0 Å². The molecule has 1 fully saturated rings. The Morgan fingerprint density at radius 2 is 1.08 bits per heavy atom. The molecule has 0 N–H and O–H groups in total. The van der Waals surface area contributed by atoms with Crippen molar-refractivity contribution >= 4 is 52.3 Å². The van der Waals surface area contributed by atoms with Crippen molar-refractivity contribution in [2.24, 2.45) is 0 Å². The summed E-state index contributed by atoms with van der Waals surface area (Å²) >= 11 is 17.0. The quantitative estimate of drug-likeness (QED) is 0.744. The number of hydrogen-bond donors (Lipinski definition) is 0. The third kappa shape index (κ3) is 3.29. The van der Waals surface area contributed by atoms with Crippen LogP contribution in [-0.2, 0) is 0 Å². The molecule has 24 heavy (non-hydrogen) atoms. The molecule has 2 amide bonds. The maximum Gasteiger partial charge on any atom is 0.260 e. The average molecular weight is 379 g/mol. The summed E-state index contributed by atoms with van der Waals surface area (Å²) in [5.74, 6) is -0.494. The van der Waals surface area contributed by atoms with E-state index >= 15 is 0 Å². The summed E-state index contributed by atoms with van der Waals surface area (Å²) in [7, 11) is 0. The van der Waals surface area contributed by atoms with Crippen LogP contribution in [0.4, 0.5) is 0 Å². The number of carbonyl (C=O) groups is 2. The molecule has 0 aliphatic carbocycles. The van der Waals surface area contributed by atoms with Crippen molar-refractivity contribution in [3.05, 3.63) is 69.7 Å². The minimum absolute atomic E-state index is 0.204. The first-order chi connectivity index (χ1) is 11.5. The van der Waals surface area contributed by atoms with E-state index in [0.717, 1.165) is 0 Å². The smallest absolute Gasteiger partial charge is 0.260 e. The highest BCUT2D eigenvalue weighted by molar-refractivity contribution is 7.80. The van der Waals surface area contributed by atoms with Crippen LogP contribution in [0.15, 0.2) is 48.5 Å². The summed E-state index contributed by atoms with van der Waals surface area (Å²) in [5, 5.41) is 1.31. The van der Waals surface area contributed by atoms with Crippen LogP contribution in [-0.4, -0.2) is 39.8 Å². The first-order valence-corrected chi connectivity index (χ1v) is 8.32. The Morgan fingerprint density at radius 3 is 1.42 bits per heavy atom. The van der Waals surface area contributed by atoms with Crippen LogP contribution in [0.2, 0.25) is 10.0 Å². The lowest BCUT2D eigenvalue weighted by Crippen LogP contribution is -2.38. The summed E-state index contributed by atoms with van der Waals surface area (Å²) in [6.07, 6.45) is 0. The Kier molecular flexibility index (Phi) is 4.85. The van der Waals surface area contributed by atoms with Crippen LogP contribution in [0.25, 0.3) is 0 Å². The fourth-order valence-electron chi connectivity index (χ4n) is 2.41. The second kappa shape index (κ2) is 6.89. The van der Waals surface area contributed by atoms with Gasteiger partial charge in [-0.05, 0) is 60.7 Å². The number of amides is 2. The summed E-state index contributed by atoms with van der Waals surface area (Å²) in [6, 6.07) is 13.1. The number of carbonyl (C=O) groups excluding carboxylic acids is 2. The minimum atomic E-state index is -0.247. The molecule has 0 radical (unpaired) electrons. The summed E-state index contributed by atoms with van der Waals surface area (Å²) < 4.78 is 0. The summed E-state index contributed by atoms with van der Waals surface area (Å²) in [4.78, 5) is 28.0. The first kappa shape index (κ1) is 16.9. The molecule has 1 aliphatic rings. The van der Waals surface area contributed by atoms with E-state index in [-0.39, 0.29) is 16.9 Å². The lowest BCUT2D eigenvalue weighted by molar-refractivity contribution is 0.0857. The van der Waals surface area contributed by atoms with Gasteiger partial charge in [-0.2, -0.15) is 0 Å². The highest BCUT2D eigenvalue weighted by Crippen LogP contribution is 2.19. The summed E-state index contributed by atoms with van der Waals surface area (Å²) in [6.45, 7) is 0.721. The molecule has 0 spiro atoms. The highest BCUT2D eigenvalue weighted by atomic mass is 35.5. The second-order valence-electron chi connectivity index (χ2n) is 5.21. The molecular weight excluding hydrogens is 367 g/mol. The summed E-state index contributed by atoms with van der Waals surface area (Å²) in [5.41, 5.74) is 0.949. The molecule has 0 unspecified atom stereocenters. The fraction of sp³-hybridized carbons (Fsp3) is 0.118. The van der Waals surface area contributed by atoms with Gasteiger partial charge in [0.2, 0.25) is 0 Å². The Bertz CT molecular complexity index is 739. The predicted molar refractivity (Wildman–Crippen MR) is 97.6 cm³/mol. The molecule has 0 atom stereocenters. The van der Waals surface area contributed by atoms with Gasteiger partial charge in [-0.3, -0.25) is 19.4 Å². The van der Waals surface area contributed by atoms with Gasteiger partial charge in [0.25, 0.3) is 11.8 Å². The van der Waals surface area contributed by atoms with E-state index < -0.39 is 0 Å². The van der Waals surface area contributed by atoms with Crippen LogP contribution >= 0.6 is 35.4 Å². The van der Waals surface area contributed by atoms with Gasteiger partial charge in [-0.1, -0.05) is 23.2 Å². The van der Waals surface area contributed by atoms with E-state index in [4.69, 9.17) is 35.4 Å². The van der Waals surface area contributed by atoms with Gasteiger partial charge < -0.3 is 0 Å². The highest BCUT2D eigenvalue weighted by Gasteiger charge is 2.34. The van der Waals surface area contributed by atoms with Gasteiger partial charge in [-0.15, -0.1) is 0 Å². The van der Waals surface area contributed by atoms with Crippen LogP contribution < -0.4 is 0 Å². The van der Waals surface area contributed by atoms with E-state index in [1.807, 2.05) is 0 Å².